The largest absolute Gasteiger partial charge is 0.310 e. The molecule has 9 rings (SSSR count). The second-order valence-electron chi connectivity index (χ2n) is 13.4. The quantitative estimate of drug-likeness (QED) is 0.194. The molecule has 1 atom stereocenters. The number of benzene rings is 7. The highest BCUT2D eigenvalue weighted by atomic mass is 15.1. The molecule has 2 aliphatic rings. The summed E-state index contributed by atoms with van der Waals surface area (Å²) in [6.07, 6.45) is 4.75. The third kappa shape index (κ3) is 4.03. The van der Waals surface area contributed by atoms with Crippen LogP contribution in [0.3, 0.4) is 0 Å². The van der Waals surface area contributed by atoms with Crippen molar-refractivity contribution in [2.45, 2.75) is 19.3 Å². The average molecular weight is 602 g/mol. The molecular formula is C46H35N. The van der Waals surface area contributed by atoms with Gasteiger partial charge >= 0.3 is 0 Å². The lowest BCUT2D eigenvalue weighted by Gasteiger charge is -2.48. The molecule has 0 fully saturated rings. The summed E-state index contributed by atoms with van der Waals surface area (Å²) in [5.74, 6) is 0. The zero-order chi connectivity index (χ0) is 31.6. The maximum Gasteiger partial charge on any atom is 0.0555 e. The molecule has 0 N–H and O–H groups in total. The van der Waals surface area contributed by atoms with Crippen LogP contribution in [0.25, 0.3) is 39.1 Å². The lowest BCUT2D eigenvalue weighted by Crippen LogP contribution is -2.43. The number of hydrogen-bond acceptors (Lipinski definition) is 1. The van der Waals surface area contributed by atoms with Crippen LogP contribution < -0.4 is 4.90 Å². The third-order valence-electron chi connectivity index (χ3n) is 10.5. The Morgan fingerprint density at radius 1 is 0.468 bits per heavy atom. The smallest absolute Gasteiger partial charge is 0.0555 e. The maximum atomic E-state index is 2.49. The van der Waals surface area contributed by atoms with Gasteiger partial charge in [0.15, 0.2) is 0 Å². The van der Waals surface area contributed by atoms with Crippen molar-refractivity contribution in [2.24, 2.45) is 5.41 Å². The van der Waals surface area contributed by atoms with Crippen LogP contribution in [0.4, 0.5) is 17.1 Å². The first-order valence-electron chi connectivity index (χ1n) is 16.5. The van der Waals surface area contributed by atoms with Gasteiger partial charge in [-0.2, -0.15) is 0 Å². The predicted octanol–water partition coefficient (Wildman–Crippen LogP) is 12.3. The molecule has 0 amide bonds. The summed E-state index contributed by atoms with van der Waals surface area (Å²) in [4.78, 5) is 2.45. The van der Waals surface area contributed by atoms with E-state index in [1.807, 2.05) is 0 Å². The Morgan fingerprint density at radius 3 is 1.96 bits per heavy atom. The average Bonchev–Trinajstić information content (AvgIpc) is 3.42. The maximum absolute atomic E-state index is 2.49. The molecule has 0 bridgehead atoms. The van der Waals surface area contributed by atoms with E-state index < -0.39 is 0 Å². The SMILES string of the molecule is CC1(C)C=Cc2ccccc2C12c1ccccc1-c1ccc(N(c3ccc(-c4ccccc4)cc3)c3cccc4ccccc34)cc12. The molecule has 0 heterocycles. The van der Waals surface area contributed by atoms with Crippen molar-refractivity contribution in [1.29, 1.82) is 0 Å². The Balaban J connectivity index is 1.31. The molecule has 0 radical (unpaired) electrons. The molecule has 1 spiro atoms. The Morgan fingerprint density at radius 2 is 1.11 bits per heavy atom. The van der Waals surface area contributed by atoms with Crippen LogP contribution in [0.2, 0.25) is 0 Å². The van der Waals surface area contributed by atoms with Crippen LogP contribution in [0, 0.1) is 5.41 Å². The van der Waals surface area contributed by atoms with Crippen molar-refractivity contribution < 1.29 is 0 Å². The predicted molar refractivity (Wildman–Crippen MR) is 199 cm³/mol. The highest BCUT2D eigenvalue weighted by Gasteiger charge is 2.55. The van der Waals surface area contributed by atoms with Crippen molar-refractivity contribution in [3.05, 3.63) is 192 Å². The van der Waals surface area contributed by atoms with Gasteiger partial charge in [0.25, 0.3) is 0 Å². The molecule has 0 saturated carbocycles. The van der Waals surface area contributed by atoms with Crippen LogP contribution in [0.15, 0.2) is 170 Å². The molecule has 7 aromatic rings. The number of anilines is 3. The Kier molecular flexibility index (Phi) is 6.14. The minimum Gasteiger partial charge on any atom is -0.310 e. The zero-order valence-electron chi connectivity index (χ0n) is 26.7. The molecule has 1 unspecified atom stereocenters. The molecule has 1 nitrogen and oxygen atoms in total. The van der Waals surface area contributed by atoms with E-state index in [4.69, 9.17) is 0 Å². The van der Waals surface area contributed by atoms with Crippen LogP contribution in [-0.2, 0) is 5.41 Å². The van der Waals surface area contributed by atoms with Crippen molar-refractivity contribution in [3.8, 4) is 22.3 Å². The fraction of sp³-hybridized carbons (Fsp3) is 0.0870. The van der Waals surface area contributed by atoms with E-state index in [0.29, 0.717) is 0 Å². The van der Waals surface area contributed by atoms with Gasteiger partial charge in [0.05, 0.1) is 11.1 Å². The monoisotopic (exact) mass is 601 g/mol. The second kappa shape index (κ2) is 10.4. The molecule has 1 heteroatoms. The van der Waals surface area contributed by atoms with Gasteiger partial charge in [-0.15, -0.1) is 0 Å². The summed E-state index contributed by atoms with van der Waals surface area (Å²) < 4.78 is 0. The Bertz CT molecular complexity index is 2320. The minimum atomic E-state index is -0.331. The van der Waals surface area contributed by atoms with Gasteiger partial charge in [0, 0.05) is 22.2 Å². The third-order valence-corrected chi connectivity index (χ3v) is 10.5. The van der Waals surface area contributed by atoms with Crippen molar-refractivity contribution >= 4 is 33.9 Å². The first-order chi connectivity index (χ1) is 23.1. The Labute approximate surface area is 277 Å². The summed E-state index contributed by atoms with van der Waals surface area (Å²) in [6, 6.07) is 60.2. The summed E-state index contributed by atoms with van der Waals surface area (Å²) >= 11 is 0. The standard InChI is InChI=1S/C46H35N/c1-45(2)30-29-35-16-7-10-20-41(35)46(45)42-21-11-9-19-39(42)40-28-27-37(31-43(40)46)47(44-22-12-17-34-15-6-8-18-38(34)44)36-25-23-33(24-26-36)32-13-4-3-5-14-32/h3-31H,1-2H3. The van der Waals surface area contributed by atoms with Crippen LogP contribution >= 0.6 is 0 Å². The van der Waals surface area contributed by atoms with E-state index in [0.717, 1.165) is 11.4 Å². The van der Waals surface area contributed by atoms with E-state index in [1.54, 1.807) is 0 Å². The van der Waals surface area contributed by atoms with Gasteiger partial charge in [-0.25, -0.2) is 0 Å². The molecular weight excluding hydrogens is 567 g/mol. The molecule has 2 aliphatic carbocycles. The lowest BCUT2D eigenvalue weighted by atomic mass is 9.54. The van der Waals surface area contributed by atoms with Crippen LogP contribution in [0.5, 0.6) is 0 Å². The fourth-order valence-electron chi connectivity index (χ4n) is 8.41. The lowest BCUT2D eigenvalue weighted by molar-refractivity contribution is 0.323. The molecule has 0 saturated heterocycles. The summed E-state index contributed by atoms with van der Waals surface area (Å²) in [6.45, 7) is 4.81. The highest BCUT2D eigenvalue weighted by Crippen LogP contribution is 2.64. The molecule has 7 aromatic carbocycles. The summed E-state index contributed by atoms with van der Waals surface area (Å²) in [5, 5.41) is 2.46. The molecule has 0 aliphatic heterocycles. The van der Waals surface area contributed by atoms with Crippen molar-refractivity contribution in [1.82, 2.24) is 0 Å². The molecule has 47 heavy (non-hydrogen) atoms. The number of nitrogens with zero attached hydrogens (tertiary/aromatic N) is 1. The van der Waals surface area contributed by atoms with E-state index in [9.17, 15) is 0 Å². The van der Waals surface area contributed by atoms with Gasteiger partial charge in [0.2, 0.25) is 0 Å². The Hall–Kier alpha value is -5.66. The van der Waals surface area contributed by atoms with Crippen molar-refractivity contribution in [3.63, 3.8) is 0 Å². The van der Waals surface area contributed by atoms with Gasteiger partial charge in [-0.1, -0.05) is 159 Å². The van der Waals surface area contributed by atoms with Crippen LogP contribution in [-0.4, -0.2) is 0 Å². The fourth-order valence-corrected chi connectivity index (χ4v) is 8.41. The molecule has 224 valence electrons. The minimum absolute atomic E-state index is 0.164. The normalized spacial score (nSPS) is 16.9. The first kappa shape index (κ1) is 27.6. The van der Waals surface area contributed by atoms with E-state index in [-0.39, 0.29) is 10.8 Å². The first-order valence-corrected chi connectivity index (χ1v) is 16.5. The summed E-state index contributed by atoms with van der Waals surface area (Å²) in [5.41, 5.74) is 13.5. The van der Waals surface area contributed by atoms with E-state index in [2.05, 4.69) is 195 Å². The second-order valence-corrected chi connectivity index (χ2v) is 13.4. The number of fused-ring (bicyclic) bond motifs is 8. The van der Waals surface area contributed by atoms with E-state index >= 15 is 0 Å². The molecule has 0 aromatic heterocycles. The van der Waals surface area contributed by atoms with Crippen LogP contribution in [0.1, 0.15) is 36.1 Å². The van der Waals surface area contributed by atoms with Gasteiger partial charge in [0.1, 0.15) is 0 Å². The zero-order valence-corrected chi connectivity index (χ0v) is 26.7. The van der Waals surface area contributed by atoms with Gasteiger partial charge < -0.3 is 4.90 Å². The van der Waals surface area contributed by atoms with Gasteiger partial charge in [-0.05, 0) is 80.2 Å². The topological polar surface area (TPSA) is 3.24 Å². The van der Waals surface area contributed by atoms with Gasteiger partial charge in [-0.3, -0.25) is 0 Å². The number of rotatable bonds is 4. The van der Waals surface area contributed by atoms with Crippen molar-refractivity contribution in [2.75, 3.05) is 4.90 Å². The highest BCUT2D eigenvalue weighted by molar-refractivity contribution is 6.00. The number of hydrogen-bond donors (Lipinski definition) is 0. The number of allylic oxidation sites excluding steroid dienone is 1. The van der Waals surface area contributed by atoms with E-state index in [1.165, 1.54) is 61.0 Å². The summed E-state index contributed by atoms with van der Waals surface area (Å²) in [7, 11) is 0.